The van der Waals surface area contributed by atoms with Crippen molar-refractivity contribution in [2.24, 2.45) is 0 Å². The molecule has 6 heteroatoms. The van der Waals surface area contributed by atoms with Crippen LogP contribution >= 0.6 is 0 Å². The summed E-state index contributed by atoms with van der Waals surface area (Å²) < 4.78 is 20.0. The van der Waals surface area contributed by atoms with Crippen molar-refractivity contribution >= 4 is 38.5 Å². The number of nitrogens with zero attached hydrogens (tertiary/aromatic N) is 1. The summed E-state index contributed by atoms with van der Waals surface area (Å²) in [6.45, 7) is 4.91. The fourth-order valence-corrected chi connectivity index (χ4v) is 5.24. The maximum absolute atomic E-state index is 13.7. The number of pyridine rings is 1. The van der Waals surface area contributed by atoms with Gasteiger partial charge in [-0.1, -0.05) is 54.3 Å². The van der Waals surface area contributed by atoms with Gasteiger partial charge in [-0.05, 0) is 73.2 Å². The number of aliphatic hydroxyl groups is 1. The summed E-state index contributed by atoms with van der Waals surface area (Å²) in [7, 11) is 0. The molecule has 2 unspecified atom stereocenters. The molecule has 2 aromatic heterocycles. The number of aliphatic hydroxyl groups excluding tert-OH is 1. The number of benzene rings is 3. The molecular formula is C32H29FIrNO3-. The van der Waals surface area contributed by atoms with E-state index in [1.54, 1.807) is 0 Å². The van der Waals surface area contributed by atoms with Crippen molar-refractivity contribution in [3.05, 3.63) is 89.8 Å². The molecular weight excluding hydrogens is 658 g/mol. The number of halogens is 1. The minimum Gasteiger partial charge on any atom is -0.512 e. The van der Waals surface area contributed by atoms with Gasteiger partial charge in [0.1, 0.15) is 11.8 Å². The predicted octanol–water partition coefficient (Wildman–Crippen LogP) is 8.55. The van der Waals surface area contributed by atoms with E-state index in [1.165, 1.54) is 25.5 Å². The Bertz CT molecular complexity index is 1650. The van der Waals surface area contributed by atoms with E-state index in [0.717, 1.165) is 56.0 Å². The predicted molar refractivity (Wildman–Crippen MR) is 147 cm³/mol. The van der Waals surface area contributed by atoms with Crippen LogP contribution in [-0.2, 0) is 24.9 Å². The molecule has 0 amide bonds. The van der Waals surface area contributed by atoms with Crippen molar-refractivity contribution in [3.63, 3.8) is 0 Å². The van der Waals surface area contributed by atoms with Crippen LogP contribution in [0.25, 0.3) is 44.0 Å². The molecule has 2 atom stereocenters. The molecule has 3 aromatic carbocycles. The van der Waals surface area contributed by atoms with E-state index >= 15 is 0 Å². The molecule has 1 saturated carbocycles. The van der Waals surface area contributed by atoms with Gasteiger partial charge in [-0.15, -0.1) is 17.7 Å². The van der Waals surface area contributed by atoms with Gasteiger partial charge in [-0.2, -0.15) is 0 Å². The number of allylic oxidation sites excluding steroid dienone is 2. The first-order valence-electron chi connectivity index (χ1n) is 12.5. The minimum atomic E-state index is -0.665. The van der Waals surface area contributed by atoms with Gasteiger partial charge in [0.05, 0.1) is 11.3 Å². The molecule has 1 fully saturated rings. The average molecular weight is 687 g/mol. The molecule has 0 spiro atoms. The van der Waals surface area contributed by atoms with E-state index in [0.29, 0.717) is 18.8 Å². The van der Waals surface area contributed by atoms with E-state index in [4.69, 9.17) is 14.5 Å². The van der Waals surface area contributed by atoms with Crippen LogP contribution in [0.15, 0.2) is 77.0 Å². The summed E-state index contributed by atoms with van der Waals surface area (Å²) in [5, 5.41) is 12.8. The number of rotatable bonds is 3. The van der Waals surface area contributed by atoms with Gasteiger partial charge in [-0.3, -0.25) is 4.79 Å². The quantitative estimate of drug-likeness (QED) is 0.117. The summed E-state index contributed by atoms with van der Waals surface area (Å²) in [4.78, 5) is 14.7. The van der Waals surface area contributed by atoms with Crippen molar-refractivity contribution < 1.29 is 38.8 Å². The monoisotopic (exact) mass is 687 g/mol. The molecule has 4 nitrogen and oxygen atoms in total. The van der Waals surface area contributed by atoms with Crippen molar-refractivity contribution in [1.29, 1.82) is 0 Å². The molecule has 38 heavy (non-hydrogen) atoms. The second-order valence-electron chi connectivity index (χ2n) is 9.81. The van der Waals surface area contributed by atoms with E-state index in [-0.39, 0.29) is 31.6 Å². The fraction of sp³-hybridized carbons (Fsp3) is 0.250. The van der Waals surface area contributed by atoms with Crippen molar-refractivity contribution in [1.82, 2.24) is 4.98 Å². The second kappa shape index (κ2) is 11.6. The third-order valence-corrected chi connectivity index (χ3v) is 6.82. The molecule has 2 heterocycles. The number of hydrogen-bond acceptors (Lipinski definition) is 4. The SMILES string of the molecule is CC(=O)/C=C(/C)O.Cc1[c-]c(-c2nccc3cc(C4CCC(F)C4)ccc23)c2oc3ccccc3c2c1.[Ir]. The molecule has 1 aliphatic rings. The summed E-state index contributed by atoms with van der Waals surface area (Å²) in [6, 6.07) is 22.2. The number of para-hydroxylation sites is 1. The van der Waals surface area contributed by atoms with Gasteiger partial charge >= 0.3 is 0 Å². The maximum Gasteiger partial charge on any atom is 0.155 e. The number of carbonyl (C=O) groups is 1. The van der Waals surface area contributed by atoms with Gasteiger partial charge in [-0.25, -0.2) is 4.39 Å². The second-order valence-corrected chi connectivity index (χ2v) is 9.81. The molecule has 1 aliphatic carbocycles. The van der Waals surface area contributed by atoms with E-state index < -0.39 is 6.17 Å². The van der Waals surface area contributed by atoms with Crippen LogP contribution in [0.2, 0.25) is 0 Å². The first-order valence-corrected chi connectivity index (χ1v) is 12.5. The summed E-state index contributed by atoms with van der Waals surface area (Å²) in [5.41, 5.74) is 5.74. The van der Waals surface area contributed by atoms with Gasteiger partial charge in [0, 0.05) is 37.8 Å². The number of ketones is 1. The third-order valence-electron chi connectivity index (χ3n) is 6.82. The number of fused-ring (bicyclic) bond motifs is 4. The Hall–Kier alpha value is -3.34. The fourth-order valence-electron chi connectivity index (χ4n) is 5.24. The van der Waals surface area contributed by atoms with Crippen LogP contribution in [0.4, 0.5) is 4.39 Å². The van der Waals surface area contributed by atoms with Crippen LogP contribution in [-0.4, -0.2) is 22.0 Å². The molecule has 0 aliphatic heterocycles. The topological polar surface area (TPSA) is 63.3 Å². The summed E-state index contributed by atoms with van der Waals surface area (Å²) >= 11 is 0. The number of alkyl halides is 1. The number of hydrogen-bond donors (Lipinski definition) is 1. The van der Waals surface area contributed by atoms with Gasteiger partial charge in [0.25, 0.3) is 0 Å². The van der Waals surface area contributed by atoms with Crippen LogP contribution in [0.5, 0.6) is 0 Å². The minimum absolute atomic E-state index is 0. The van der Waals surface area contributed by atoms with Crippen LogP contribution in [0.1, 0.15) is 50.2 Å². The summed E-state index contributed by atoms with van der Waals surface area (Å²) in [6.07, 6.45) is 4.58. The van der Waals surface area contributed by atoms with Crippen LogP contribution in [0.3, 0.4) is 0 Å². The van der Waals surface area contributed by atoms with Crippen molar-refractivity contribution in [2.75, 3.05) is 0 Å². The molecule has 1 radical (unpaired) electrons. The Morgan fingerprint density at radius 1 is 1.08 bits per heavy atom. The van der Waals surface area contributed by atoms with E-state index in [1.807, 2.05) is 30.5 Å². The van der Waals surface area contributed by atoms with Gasteiger partial charge in [0.15, 0.2) is 5.78 Å². The zero-order chi connectivity index (χ0) is 26.1. The van der Waals surface area contributed by atoms with E-state index in [2.05, 4.69) is 43.3 Å². The number of aromatic nitrogens is 1. The largest absolute Gasteiger partial charge is 0.512 e. The van der Waals surface area contributed by atoms with Gasteiger partial charge in [0.2, 0.25) is 0 Å². The van der Waals surface area contributed by atoms with E-state index in [9.17, 15) is 9.18 Å². The Morgan fingerprint density at radius 2 is 1.87 bits per heavy atom. The molecule has 0 bridgehead atoms. The number of aryl methyl sites for hydroxylation is 1. The standard InChI is InChI=1S/C27H21FNO.C5H8O2.Ir/c1-16-12-23-22-4-2-3-5-25(22)30-27(23)24(13-16)26-21-9-7-17(14-19(21)10-11-29-26)18-6-8-20(28)15-18;1-4(6)3-5(2)7;/h2-5,7,9-12,14,18,20H,6,8,15H2,1H3;3,6H,1-2H3;/q-1;;/b;4-3-;. The van der Waals surface area contributed by atoms with Crippen molar-refractivity contribution in [2.45, 2.75) is 52.1 Å². The van der Waals surface area contributed by atoms with Crippen LogP contribution < -0.4 is 0 Å². The molecule has 1 N–H and O–H groups in total. The Morgan fingerprint density at radius 3 is 2.55 bits per heavy atom. The smallest absolute Gasteiger partial charge is 0.155 e. The number of carbonyl (C=O) groups excluding carboxylic acids is 1. The molecule has 6 rings (SSSR count). The molecule has 5 aromatic rings. The maximum atomic E-state index is 13.7. The van der Waals surface area contributed by atoms with Crippen LogP contribution in [0, 0.1) is 13.0 Å². The normalized spacial score (nSPS) is 17.3. The Kier molecular flexibility index (Phi) is 8.44. The molecule has 197 valence electrons. The van der Waals surface area contributed by atoms with Gasteiger partial charge < -0.3 is 14.5 Å². The first-order chi connectivity index (χ1) is 17.8. The Balaban J connectivity index is 0.000000375. The molecule has 0 saturated heterocycles. The average Bonchev–Trinajstić information content (AvgIpc) is 3.46. The zero-order valence-electron chi connectivity index (χ0n) is 21.5. The number of furan rings is 1. The zero-order valence-corrected chi connectivity index (χ0v) is 23.9. The summed E-state index contributed by atoms with van der Waals surface area (Å²) in [5.74, 6) is 0.251. The third kappa shape index (κ3) is 5.72. The first kappa shape index (κ1) is 27.7. The van der Waals surface area contributed by atoms with Crippen molar-refractivity contribution in [3.8, 4) is 11.3 Å². The Labute approximate surface area is 234 Å².